The Bertz CT molecular complexity index is 2630. The fourth-order valence-electron chi connectivity index (χ4n) is 12.3. The van der Waals surface area contributed by atoms with Gasteiger partial charge in [-0.1, -0.05) is 32.9 Å². The van der Waals surface area contributed by atoms with Gasteiger partial charge in [-0.25, -0.2) is 9.59 Å². The number of esters is 1. The molecule has 4 aliphatic rings. The zero-order valence-electron chi connectivity index (χ0n) is 51.1. The van der Waals surface area contributed by atoms with E-state index in [1.54, 1.807) is 66.0 Å². The summed E-state index contributed by atoms with van der Waals surface area (Å²) in [6, 6.07) is 3.24. The van der Waals surface area contributed by atoms with Crippen molar-refractivity contribution in [3.63, 3.8) is 0 Å². The highest BCUT2D eigenvalue weighted by atomic mass is 32.2. The summed E-state index contributed by atoms with van der Waals surface area (Å²) < 4.78 is 63.3. The highest BCUT2D eigenvalue weighted by Gasteiger charge is 2.54. The molecule has 2 aromatic rings. The van der Waals surface area contributed by atoms with Crippen LogP contribution in [-0.4, -0.2) is 204 Å². The van der Waals surface area contributed by atoms with Gasteiger partial charge in [0.15, 0.2) is 18.7 Å². The van der Waals surface area contributed by atoms with Gasteiger partial charge < -0.3 is 92.5 Å². The molecular formula is C58H92N4O20S. The maximum absolute atomic E-state index is 14.7. The number of hydrogen-bond acceptors (Lipinski definition) is 22. The van der Waals surface area contributed by atoms with Crippen molar-refractivity contribution in [1.29, 1.82) is 0 Å². The van der Waals surface area contributed by atoms with Crippen molar-refractivity contribution in [2.24, 2.45) is 28.8 Å². The number of pyridine rings is 1. The number of thioether (sulfide) groups is 1. The molecule has 1 aromatic heterocycles. The Morgan fingerprint density at radius 2 is 1.64 bits per heavy atom. The van der Waals surface area contributed by atoms with Gasteiger partial charge in [-0.2, -0.15) is 0 Å². The third kappa shape index (κ3) is 15.6. The monoisotopic (exact) mass is 1200 g/mol. The molecule has 6 rings (SSSR count). The molecule has 24 nitrogen and oxygen atoms in total. The molecule has 1 unspecified atom stereocenters. The molecule has 0 aliphatic carbocycles. The number of methoxy groups -OCH3 is 2. The van der Waals surface area contributed by atoms with Crippen LogP contribution < -0.4 is 10.7 Å². The smallest absolute Gasteiger partial charge is 0.407 e. The second-order valence-corrected chi connectivity index (χ2v) is 25.3. The average Bonchev–Trinajstić information content (AvgIpc) is 1.47. The van der Waals surface area contributed by atoms with E-state index < -0.39 is 125 Å². The van der Waals surface area contributed by atoms with E-state index in [0.717, 1.165) is 10.5 Å². The topological polar surface area (TPSA) is 304 Å². The van der Waals surface area contributed by atoms with E-state index in [2.05, 4.69) is 10.5 Å². The summed E-state index contributed by atoms with van der Waals surface area (Å²) >= 11 is 1.43. The summed E-state index contributed by atoms with van der Waals surface area (Å²) in [5.41, 5.74) is -5.19. The summed E-state index contributed by atoms with van der Waals surface area (Å²) in [6.07, 6.45) is -9.94. The van der Waals surface area contributed by atoms with Crippen molar-refractivity contribution in [3.8, 4) is 0 Å². The summed E-state index contributed by atoms with van der Waals surface area (Å²) in [7, 11) is 6.58. The lowest BCUT2D eigenvalue weighted by Crippen LogP contribution is -2.61. The normalized spacial score (nSPS) is 36.8. The Morgan fingerprint density at radius 3 is 2.28 bits per heavy atom. The molecule has 1 aromatic carbocycles. The number of benzene rings is 1. The number of alkyl carbamates (subject to hydrolysis) is 1. The van der Waals surface area contributed by atoms with E-state index in [-0.39, 0.29) is 75.8 Å². The number of hydrogen-bond donors (Lipinski definition) is 6. The van der Waals surface area contributed by atoms with Crippen molar-refractivity contribution in [1.82, 2.24) is 14.8 Å². The molecule has 0 saturated carbocycles. The van der Waals surface area contributed by atoms with Crippen LogP contribution in [0, 0.1) is 23.7 Å². The first kappa shape index (κ1) is 68.1. The summed E-state index contributed by atoms with van der Waals surface area (Å²) in [5.74, 6) is -5.30. The first-order valence-corrected chi connectivity index (χ1v) is 29.6. The van der Waals surface area contributed by atoms with E-state index in [9.17, 15) is 44.7 Å². The third-order valence-corrected chi connectivity index (χ3v) is 17.9. The number of aromatic nitrogens is 1. The zero-order valence-corrected chi connectivity index (χ0v) is 51.9. The van der Waals surface area contributed by atoms with Crippen LogP contribution in [0.2, 0.25) is 0 Å². The van der Waals surface area contributed by atoms with Gasteiger partial charge in [0.1, 0.15) is 34.7 Å². The number of carboxylic acids is 1. The lowest BCUT2D eigenvalue weighted by molar-refractivity contribution is -0.317. The second-order valence-electron chi connectivity index (χ2n) is 24.2. The van der Waals surface area contributed by atoms with E-state index in [1.807, 2.05) is 45.8 Å². The molecule has 470 valence electrons. The van der Waals surface area contributed by atoms with Crippen molar-refractivity contribution < 1.29 is 92.1 Å². The molecule has 0 radical (unpaired) electrons. The first-order valence-electron chi connectivity index (χ1n) is 28.6. The molecule has 5 heterocycles. The molecule has 25 heteroatoms. The first-order chi connectivity index (χ1) is 38.8. The Hall–Kier alpha value is -4.06. The number of nitrogens with zero attached hydrogens (tertiary/aromatic N) is 3. The average molecular weight is 1200 g/mol. The maximum Gasteiger partial charge on any atom is 0.407 e. The van der Waals surface area contributed by atoms with Gasteiger partial charge in [-0.3, -0.25) is 9.59 Å². The molecular weight excluding hydrogens is 1100 g/mol. The van der Waals surface area contributed by atoms with Gasteiger partial charge in [-0.05, 0) is 101 Å². The minimum absolute atomic E-state index is 0.0266. The van der Waals surface area contributed by atoms with Crippen LogP contribution in [0.25, 0.3) is 10.9 Å². The molecule has 3 saturated heterocycles. The predicted molar refractivity (Wildman–Crippen MR) is 305 cm³/mol. The number of ether oxygens (including phenoxy) is 10. The molecule has 18 atom stereocenters. The van der Waals surface area contributed by atoms with Crippen molar-refractivity contribution in [2.45, 2.75) is 210 Å². The van der Waals surface area contributed by atoms with Gasteiger partial charge in [0.05, 0.1) is 73.1 Å². The molecule has 83 heavy (non-hydrogen) atoms. The lowest BCUT2D eigenvalue weighted by Gasteiger charge is -2.49. The Kier molecular flexibility index (Phi) is 23.1. The van der Waals surface area contributed by atoms with Gasteiger partial charge >= 0.3 is 18.0 Å². The third-order valence-electron chi connectivity index (χ3n) is 16.9. The fraction of sp³-hybridized carbons (Fsp3) is 0.776. The molecule has 4 aliphatic heterocycles. The highest BCUT2D eigenvalue weighted by molar-refractivity contribution is 7.99. The van der Waals surface area contributed by atoms with Crippen LogP contribution in [-0.2, 0) is 69.3 Å². The molecule has 0 bridgehead atoms. The number of likely N-dealkylation sites (N-methyl/N-ethyl adjacent to an activating group) is 1. The largest absolute Gasteiger partial charge is 0.477 e. The van der Waals surface area contributed by atoms with Crippen molar-refractivity contribution in [2.75, 3.05) is 60.6 Å². The van der Waals surface area contributed by atoms with Crippen molar-refractivity contribution >= 4 is 46.4 Å². The van der Waals surface area contributed by atoms with Gasteiger partial charge in [0.25, 0.3) is 0 Å². The number of amides is 1. The van der Waals surface area contributed by atoms with Crippen molar-refractivity contribution in [3.05, 3.63) is 39.7 Å². The van der Waals surface area contributed by atoms with Crippen LogP contribution in [0.3, 0.4) is 0 Å². The summed E-state index contributed by atoms with van der Waals surface area (Å²) in [6.45, 7) is 20.9. The van der Waals surface area contributed by atoms with Gasteiger partial charge in [0.2, 0.25) is 12.2 Å². The number of oxime groups is 1. The van der Waals surface area contributed by atoms with Gasteiger partial charge in [0, 0.05) is 78.8 Å². The molecule has 3 fully saturated rings. The number of carbonyl (C=O) groups excluding carboxylic acids is 2. The van der Waals surface area contributed by atoms with Crippen LogP contribution in [0.5, 0.6) is 0 Å². The SMILES string of the molecule is CC[C@H]1OC(=O)[C@H](C)[C@@H](O[C@H]2C[C@@](C)(OC)[C@@H](OC(=O)NCCOCCSc3cc4c5c(c3)c(=O)c(C(=O)O)cn5C(C)(C)OC4)[C@H](C)O2)[C@H](C)[C@@H](OC2O[C@H](C)C[C@H](N(C)C)[C@H]2O)[C@](C)(O)C[C@@H](C)/C(=N\OCOC)[C@H](C)[C@@H](O)[C@]1(C)O. The van der Waals surface area contributed by atoms with Crippen LogP contribution in [0.4, 0.5) is 4.79 Å². The maximum atomic E-state index is 14.7. The van der Waals surface area contributed by atoms with E-state index in [1.165, 1.54) is 39.1 Å². The Balaban J connectivity index is 1.18. The summed E-state index contributed by atoms with van der Waals surface area (Å²) in [4.78, 5) is 61.5. The molecule has 0 spiro atoms. The number of carbonyl (C=O) groups is 3. The van der Waals surface area contributed by atoms with Gasteiger partial charge in [-0.15, -0.1) is 11.8 Å². The summed E-state index contributed by atoms with van der Waals surface area (Å²) in [5, 5.41) is 66.0. The minimum Gasteiger partial charge on any atom is -0.477 e. The Labute approximate surface area is 491 Å². The predicted octanol–water partition coefficient (Wildman–Crippen LogP) is 4.97. The number of aliphatic hydroxyl groups excluding tert-OH is 2. The number of aromatic carboxylic acids is 1. The quantitative estimate of drug-likeness (QED) is 0.0356. The zero-order chi connectivity index (χ0) is 61.7. The highest BCUT2D eigenvalue weighted by Crippen LogP contribution is 2.42. The number of nitrogens with one attached hydrogen (secondary N) is 1. The second kappa shape index (κ2) is 28.2. The lowest BCUT2D eigenvalue weighted by atomic mass is 9.73. The van der Waals surface area contributed by atoms with Crippen LogP contribution >= 0.6 is 11.8 Å². The number of rotatable bonds is 19. The Morgan fingerprint density at radius 1 is 0.940 bits per heavy atom. The number of carboxylic acid groups (broad SMARTS) is 1. The molecule has 1 amide bonds. The van der Waals surface area contributed by atoms with E-state index >= 15 is 0 Å². The van der Waals surface area contributed by atoms with Crippen LogP contribution in [0.15, 0.2) is 33.2 Å². The minimum atomic E-state index is -2.02. The standard InChI is InChI=1S/C58H92N4O20S/c1-17-41-58(12,71)48(65)32(4)43(60-76-29-72-15)30(2)25-56(10,70)49(81-53-46(64)40(61(13)14)22-31(3)77-53)33(5)47(34(6)52(68)79-41)80-42-26-57(11,73-16)50(35(7)78-42)82-54(69)59-18-19-74-20-21-83-37-23-36-28-75-55(8,9)62-27-39(51(66)67)45(63)38(24-37)44(36)62/h23-24,27,30-35,40-42,46-50,53,64-65,70-71H,17-22,25-26,28-29H2,1-16H3,(H,59,69)(H,66,67)/b60-43+/t30-,31-,32+,33+,34-,35+,40+,41-,42+,46-,47+,48-,49-,50+,53?,56-,57-,58-/m1/s1. The molecule has 6 N–H and O–H groups in total. The number of aliphatic hydroxyl groups is 4. The fourth-order valence-corrected chi connectivity index (χ4v) is 13.1. The van der Waals surface area contributed by atoms with E-state index in [4.69, 9.17) is 52.2 Å². The van der Waals surface area contributed by atoms with E-state index in [0.29, 0.717) is 23.1 Å². The van der Waals surface area contributed by atoms with Crippen LogP contribution in [0.1, 0.15) is 125 Å². The number of cyclic esters (lactones) is 1.